The number of carbonyl (C=O) groups excluding carboxylic acids is 2. The number of anilines is 2. The van der Waals surface area contributed by atoms with Crippen LogP contribution in [0.2, 0.25) is 0 Å². The monoisotopic (exact) mass is 324 g/mol. The van der Waals surface area contributed by atoms with Gasteiger partial charge < -0.3 is 15.0 Å². The largest absolute Gasteiger partial charge is 0.484 e. The summed E-state index contributed by atoms with van der Waals surface area (Å²) in [6.45, 7) is 3.72. The lowest BCUT2D eigenvalue weighted by Gasteiger charge is -2.17. The summed E-state index contributed by atoms with van der Waals surface area (Å²) in [5.74, 6) is 0.456. The molecule has 0 aromatic heterocycles. The Balaban J connectivity index is 1.70. The van der Waals surface area contributed by atoms with Crippen LogP contribution < -0.4 is 15.0 Å². The van der Waals surface area contributed by atoms with E-state index in [0.29, 0.717) is 11.4 Å². The second kappa shape index (κ2) is 6.00. The van der Waals surface area contributed by atoms with Crippen molar-refractivity contribution in [3.63, 3.8) is 0 Å². The normalized spacial score (nSPS) is 15.1. The Kier molecular flexibility index (Phi) is 4.01. The molecule has 1 heterocycles. The summed E-state index contributed by atoms with van der Waals surface area (Å²) >= 11 is 0. The number of nitrogens with zero attached hydrogens (tertiary/aromatic N) is 1. The molecule has 5 nitrogen and oxygen atoms in total. The molecule has 3 rings (SSSR count). The molecule has 0 unspecified atom stereocenters. The van der Waals surface area contributed by atoms with Gasteiger partial charge in [0.25, 0.3) is 5.91 Å². The molecule has 1 N–H and O–H groups in total. The minimum Gasteiger partial charge on any atom is -0.484 e. The lowest BCUT2D eigenvalue weighted by molar-refractivity contribution is -0.121. The molecule has 0 bridgehead atoms. The number of para-hydroxylation sites is 1. The van der Waals surface area contributed by atoms with E-state index in [2.05, 4.69) is 5.32 Å². The smallest absolute Gasteiger partial charge is 0.262 e. The first kappa shape index (κ1) is 16.1. The van der Waals surface area contributed by atoms with Gasteiger partial charge in [0.05, 0.1) is 5.41 Å². The minimum absolute atomic E-state index is 0.0494. The number of benzene rings is 2. The van der Waals surface area contributed by atoms with Crippen LogP contribution in [-0.4, -0.2) is 25.5 Å². The minimum atomic E-state index is -0.592. The number of nitrogens with one attached hydrogen (secondary N) is 1. The molecule has 2 aromatic rings. The summed E-state index contributed by atoms with van der Waals surface area (Å²) in [4.78, 5) is 26.0. The van der Waals surface area contributed by atoms with E-state index in [1.807, 2.05) is 44.2 Å². The van der Waals surface area contributed by atoms with Crippen molar-refractivity contribution in [1.82, 2.24) is 0 Å². The third-order valence-electron chi connectivity index (χ3n) is 4.27. The first-order valence-electron chi connectivity index (χ1n) is 7.80. The number of carbonyl (C=O) groups is 2. The van der Waals surface area contributed by atoms with Crippen LogP contribution in [0.25, 0.3) is 0 Å². The van der Waals surface area contributed by atoms with E-state index in [1.165, 1.54) is 0 Å². The zero-order valence-electron chi connectivity index (χ0n) is 14.0. The van der Waals surface area contributed by atoms with Gasteiger partial charge in [-0.3, -0.25) is 9.59 Å². The van der Waals surface area contributed by atoms with Crippen LogP contribution in [0.5, 0.6) is 5.75 Å². The van der Waals surface area contributed by atoms with Crippen molar-refractivity contribution >= 4 is 23.2 Å². The fourth-order valence-electron chi connectivity index (χ4n) is 2.91. The Morgan fingerprint density at radius 3 is 2.58 bits per heavy atom. The van der Waals surface area contributed by atoms with Crippen molar-refractivity contribution in [3.8, 4) is 5.75 Å². The number of hydrogen-bond donors (Lipinski definition) is 1. The average Bonchev–Trinajstić information content (AvgIpc) is 2.75. The van der Waals surface area contributed by atoms with Crippen molar-refractivity contribution in [3.05, 3.63) is 54.1 Å². The molecular formula is C19H20N2O3. The summed E-state index contributed by atoms with van der Waals surface area (Å²) in [6.07, 6.45) is 0. The molecule has 124 valence electrons. The molecule has 0 spiro atoms. The second-order valence-corrected chi connectivity index (χ2v) is 6.37. The standard InChI is InChI=1S/C19H20N2O3/c1-19(2)15-11-13(9-10-16(15)21(3)18(19)23)20-17(22)12-24-14-7-5-4-6-8-14/h4-11H,12H2,1-3H3,(H,20,22). The topological polar surface area (TPSA) is 58.6 Å². The van der Waals surface area contributed by atoms with Crippen LogP contribution in [-0.2, 0) is 15.0 Å². The van der Waals surface area contributed by atoms with E-state index < -0.39 is 5.41 Å². The first-order valence-corrected chi connectivity index (χ1v) is 7.80. The highest BCUT2D eigenvalue weighted by molar-refractivity contribution is 6.07. The number of ether oxygens (including phenoxy) is 1. The molecular weight excluding hydrogens is 304 g/mol. The molecule has 2 aromatic carbocycles. The summed E-state index contributed by atoms with van der Waals surface area (Å²) in [5.41, 5.74) is 1.86. The third kappa shape index (κ3) is 2.85. The number of fused-ring (bicyclic) bond motifs is 1. The van der Waals surface area contributed by atoms with Crippen LogP contribution in [0.15, 0.2) is 48.5 Å². The zero-order chi connectivity index (χ0) is 17.3. The number of amides is 2. The van der Waals surface area contributed by atoms with Gasteiger partial charge in [0, 0.05) is 18.4 Å². The van der Waals surface area contributed by atoms with Crippen LogP contribution in [0.3, 0.4) is 0 Å². The lowest BCUT2D eigenvalue weighted by Crippen LogP contribution is -2.33. The van der Waals surface area contributed by atoms with E-state index in [-0.39, 0.29) is 18.4 Å². The number of hydrogen-bond acceptors (Lipinski definition) is 3. The highest BCUT2D eigenvalue weighted by Crippen LogP contribution is 2.41. The van der Waals surface area contributed by atoms with Crippen molar-refractivity contribution in [2.24, 2.45) is 0 Å². The molecule has 0 saturated heterocycles. The predicted octanol–water partition coefficient (Wildman–Crippen LogP) is 2.96. The van der Waals surface area contributed by atoms with Crippen LogP contribution >= 0.6 is 0 Å². The second-order valence-electron chi connectivity index (χ2n) is 6.37. The lowest BCUT2D eigenvalue weighted by atomic mass is 9.86. The fraction of sp³-hybridized carbons (Fsp3) is 0.263. The Hall–Kier alpha value is -2.82. The SMILES string of the molecule is CN1C(=O)C(C)(C)c2cc(NC(=O)COc3ccccc3)ccc21. The summed E-state index contributed by atoms with van der Waals surface area (Å²) < 4.78 is 5.43. The van der Waals surface area contributed by atoms with Gasteiger partial charge in [-0.2, -0.15) is 0 Å². The molecule has 5 heteroatoms. The van der Waals surface area contributed by atoms with Crippen molar-refractivity contribution in [1.29, 1.82) is 0 Å². The maximum absolute atomic E-state index is 12.3. The number of rotatable bonds is 4. The van der Waals surface area contributed by atoms with E-state index in [9.17, 15) is 9.59 Å². The fourth-order valence-corrected chi connectivity index (χ4v) is 2.91. The van der Waals surface area contributed by atoms with Gasteiger partial charge in [-0.25, -0.2) is 0 Å². The van der Waals surface area contributed by atoms with Crippen LogP contribution in [0.1, 0.15) is 19.4 Å². The maximum Gasteiger partial charge on any atom is 0.262 e. The molecule has 1 aliphatic heterocycles. The van der Waals surface area contributed by atoms with Gasteiger partial charge in [0.2, 0.25) is 5.91 Å². The van der Waals surface area contributed by atoms with Gasteiger partial charge >= 0.3 is 0 Å². The van der Waals surface area contributed by atoms with Gasteiger partial charge in [0.1, 0.15) is 5.75 Å². The van der Waals surface area contributed by atoms with Gasteiger partial charge in [0.15, 0.2) is 6.61 Å². The molecule has 0 fully saturated rings. The summed E-state index contributed by atoms with van der Waals surface area (Å²) in [7, 11) is 1.77. The van der Waals surface area contributed by atoms with Gasteiger partial charge in [-0.1, -0.05) is 18.2 Å². The average molecular weight is 324 g/mol. The Morgan fingerprint density at radius 1 is 1.17 bits per heavy atom. The van der Waals surface area contributed by atoms with Crippen LogP contribution in [0.4, 0.5) is 11.4 Å². The van der Waals surface area contributed by atoms with Crippen molar-refractivity contribution < 1.29 is 14.3 Å². The highest BCUT2D eigenvalue weighted by atomic mass is 16.5. The Labute approximate surface area is 141 Å². The molecule has 1 aliphatic rings. The maximum atomic E-state index is 12.3. The molecule has 0 atom stereocenters. The van der Waals surface area contributed by atoms with E-state index in [1.54, 1.807) is 30.1 Å². The van der Waals surface area contributed by atoms with Crippen molar-refractivity contribution in [2.75, 3.05) is 23.9 Å². The highest BCUT2D eigenvalue weighted by Gasteiger charge is 2.42. The van der Waals surface area contributed by atoms with Crippen molar-refractivity contribution in [2.45, 2.75) is 19.3 Å². The van der Waals surface area contributed by atoms with E-state index in [4.69, 9.17) is 4.74 Å². The molecule has 0 radical (unpaired) electrons. The quantitative estimate of drug-likeness (QED) is 0.940. The molecule has 0 saturated carbocycles. The number of likely N-dealkylation sites (N-methyl/N-ethyl adjacent to an activating group) is 1. The Morgan fingerprint density at radius 2 is 1.88 bits per heavy atom. The van der Waals surface area contributed by atoms with Gasteiger partial charge in [-0.05, 0) is 49.7 Å². The van der Waals surface area contributed by atoms with Crippen LogP contribution in [0, 0.1) is 0 Å². The zero-order valence-corrected chi connectivity index (χ0v) is 14.0. The molecule has 0 aliphatic carbocycles. The summed E-state index contributed by atoms with van der Waals surface area (Å²) in [6, 6.07) is 14.7. The molecule has 2 amide bonds. The predicted molar refractivity (Wildman–Crippen MR) is 93.4 cm³/mol. The first-order chi connectivity index (χ1) is 11.4. The van der Waals surface area contributed by atoms with E-state index >= 15 is 0 Å². The van der Waals surface area contributed by atoms with E-state index in [0.717, 1.165) is 11.3 Å². The van der Waals surface area contributed by atoms with Gasteiger partial charge in [-0.15, -0.1) is 0 Å². The third-order valence-corrected chi connectivity index (χ3v) is 4.27. The summed E-state index contributed by atoms with van der Waals surface area (Å²) in [5, 5.41) is 2.82. The Bertz CT molecular complexity index is 784. The molecule has 24 heavy (non-hydrogen) atoms.